The summed E-state index contributed by atoms with van der Waals surface area (Å²) in [6, 6.07) is 3.17. The largest absolute Gasteiger partial charge is 0.481 e. The van der Waals surface area contributed by atoms with Crippen LogP contribution in [0.25, 0.3) is 0 Å². The van der Waals surface area contributed by atoms with E-state index in [2.05, 4.69) is 9.72 Å². The molecule has 2 heterocycles. The summed E-state index contributed by atoms with van der Waals surface area (Å²) < 4.78 is 4.67. The summed E-state index contributed by atoms with van der Waals surface area (Å²) in [5.74, 6) is -0.606. The minimum absolute atomic E-state index is 0.0575. The van der Waals surface area contributed by atoms with Crippen molar-refractivity contribution in [2.45, 2.75) is 25.3 Å². The lowest BCUT2D eigenvalue weighted by atomic mass is 10.1. The van der Waals surface area contributed by atoms with E-state index in [1.807, 2.05) is 4.90 Å². The predicted molar refractivity (Wildman–Crippen MR) is 68.2 cm³/mol. The van der Waals surface area contributed by atoms with Crippen LogP contribution in [0.5, 0.6) is 0 Å². The highest BCUT2D eigenvalue weighted by Gasteiger charge is 2.28. The molecular formula is C13H16N2O4. The molecule has 1 aliphatic heterocycles. The number of hydrogen-bond donors (Lipinski definition) is 1. The van der Waals surface area contributed by atoms with E-state index in [0.717, 1.165) is 19.4 Å². The molecule has 0 bridgehead atoms. The van der Waals surface area contributed by atoms with Crippen LogP contribution >= 0.6 is 0 Å². The molecule has 1 aliphatic rings. The highest BCUT2D eigenvalue weighted by molar-refractivity contribution is 5.90. The second kappa shape index (κ2) is 5.69. The normalized spacial score (nSPS) is 18.4. The molecule has 1 fully saturated rings. The maximum absolute atomic E-state index is 11.5. The SMILES string of the molecule is COC(=O)c1ccnc(N2CCCC2CC(=O)O)c1. The van der Waals surface area contributed by atoms with Gasteiger partial charge in [0.1, 0.15) is 5.82 Å². The predicted octanol–water partition coefficient (Wildman–Crippen LogP) is 1.31. The number of carbonyl (C=O) groups excluding carboxylic acids is 1. The van der Waals surface area contributed by atoms with Crippen LogP contribution in [0, 0.1) is 0 Å². The van der Waals surface area contributed by atoms with Gasteiger partial charge in [0.25, 0.3) is 0 Å². The third-order valence-corrected chi connectivity index (χ3v) is 3.25. The summed E-state index contributed by atoms with van der Waals surface area (Å²) in [5.41, 5.74) is 0.425. The minimum Gasteiger partial charge on any atom is -0.481 e. The third kappa shape index (κ3) is 3.01. The van der Waals surface area contributed by atoms with Crippen LogP contribution in [0.2, 0.25) is 0 Å². The first-order valence-electron chi connectivity index (χ1n) is 6.14. The maximum Gasteiger partial charge on any atom is 0.338 e. The zero-order valence-corrected chi connectivity index (χ0v) is 10.7. The number of carbonyl (C=O) groups is 2. The summed E-state index contributed by atoms with van der Waals surface area (Å²) in [5, 5.41) is 8.90. The van der Waals surface area contributed by atoms with E-state index in [0.29, 0.717) is 11.4 Å². The molecule has 6 nitrogen and oxygen atoms in total. The topological polar surface area (TPSA) is 79.7 Å². The Kier molecular flexibility index (Phi) is 3.99. The summed E-state index contributed by atoms with van der Waals surface area (Å²) in [4.78, 5) is 28.5. The number of rotatable bonds is 4. The summed E-state index contributed by atoms with van der Waals surface area (Å²) in [6.07, 6.45) is 3.39. The highest BCUT2D eigenvalue weighted by Crippen LogP contribution is 2.26. The lowest BCUT2D eigenvalue weighted by molar-refractivity contribution is -0.137. The van der Waals surface area contributed by atoms with Crippen molar-refractivity contribution in [1.82, 2.24) is 4.98 Å². The van der Waals surface area contributed by atoms with Crippen LogP contribution in [0.3, 0.4) is 0 Å². The maximum atomic E-state index is 11.5. The smallest absolute Gasteiger partial charge is 0.338 e. The molecule has 1 aromatic rings. The third-order valence-electron chi connectivity index (χ3n) is 3.25. The van der Waals surface area contributed by atoms with Crippen molar-refractivity contribution in [3.05, 3.63) is 23.9 Å². The molecule has 102 valence electrons. The number of carboxylic acids is 1. The van der Waals surface area contributed by atoms with Crippen molar-refractivity contribution in [3.8, 4) is 0 Å². The van der Waals surface area contributed by atoms with Gasteiger partial charge in [0.05, 0.1) is 19.1 Å². The number of aromatic nitrogens is 1. The van der Waals surface area contributed by atoms with Gasteiger partial charge in [-0.1, -0.05) is 0 Å². The Balaban J connectivity index is 2.20. The van der Waals surface area contributed by atoms with Gasteiger partial charge in [-0.3, -0.25) is 4.79 Å². The number of anilines is 1. The van der Waals surface area contributed by atoms with E-state index >= 15 is 0 Å². The molecule has 0 aliphatic carbocycles. The van der Waals surface area contributed by atoms with E-state index in [-0.39, 0.29) is 12.5 Å². The van der Waals surface area contributed by atoms with Gasteiger partial charge in [0, 0.05) is 18.8 Å². The Morgan fingerprint density at radius 3 is 3.05 bits per heavy atom. The zero-order valence-electron chi connectivity index (χ0n) is 10.7. The number of pyridine rings is 1. The number of methoxy groups -OCH3 is 1. The van der Waals surface area contributed by atoms with Crippen LogP contribution in [0.1, 0.15) is 29.6 Å². The Hall–Kier alpha value is -2.11. The first kappa shape index (κ1) is 13.3. The van der Waals surface area contributed by atoms with Crippen LogP contribution < -0.4 is 4.90 Å². The monoisotopic (exact) mass is 264 g/mol. The Labute approximate surface area is 111 Å². The standard InChI is InChI=1S/C13H16N2O4/c1-19-13(18)9-4-5-14-11(7-9)15-6-2-3-10(15)8-12(16)17/h4-5,7,10H,2-3,6,8H2,1H3,(H,16,17). The number of esters is 1. The fraction of sp³-hybridized carbons (Fsp3) is 0.462. The zero-order chi connectivity index (χ0) is 13.8. The van der Waals surface area contributed by atoms with Gasteiger partial charge in [-0.25, -0.2) is 9.78 Å². The summed E-state index contributed by atoms with van der Waals surface area (Å²) in [6.45, 7) is 0.759. The summed E-state index contributed by atoms with van der Waals surface area (Å²) >= 11 is 0. The molecule has 0 radical (unpaired) electrons. The van der Waals surface area contributed by atoms with Crippen molar-refractivity contribution >= 4 is 17.8 Å². The molecule has 0 aromatic carbocycles. The van der Waals surface area contributed by atoms with Crippen molar-refractivity contribution < 1.29 is 19.4 Å². The van der Waals surface area contributed by atoms with Crippen LogP contribution in [-0.4, -0.2) is 41.7 Å². The fourth-order valence-electron chi connectivity index (χ4n) is 2.37. The number of ether oxygens (including phenoxy) is 1. The molecule has 1 aromatic heterocycles. The molecule has 6 heteroatoms. The van der Waals surface area contributed by atoms with E-state index < -0.39 is 11.9 Å². The Bertz CT molecular complexity index is 489. The van der Waals surface area contributed by atoms with E-state index in [1.165, 1.54) is 13.3 Å². The van der Waals surface area contributed by atoms with Gasteiger partial charge in [-0.2, -0.15) is 0 Å². The number of hydrogen-bond acceptors (Lipinski definition) is 5. The van der Waals surface area contributed by atoms with Crippen molar-refractivity contribution in [2.75, 3.05) is 18.6 Å². The second-order valence-corrected chi connectivity index (χ2v) is 4.48. The highest BCUT2D eigenvalue weighted by atomic mass is 16.5. The van der Waals surface area contributed by atoms with Gasteiger partial charge in [-0.05, 0) is 25.0 Å². The quantitative estimate of drug-likeness (QED) is 0.826. The van der Waals surface area contributed by atoms with E-state index in [1.54, 1.807) is 12.1 Å². The molecule has 1 saturated heterocycles. The van der Waals surface area contributed by atoms with Crippen molar-refractivity contribution in [1.29, 1.82) is 0 Å². The average Bonchev–Trinajstić information content (AvgIpc) is 2.85. The molecule has 0 saturated carbocycles. The Morgan fingerprint density at radius 1 is 1.58 bits per heavy atom. The number of nitrogens with zero attached hydrogens (tertiary/aromatic N) is 2. The Morgan fingerprint density at radius 2 is 2.37 bits per heavy atom. The first-order chi connectivity index (χ1) is 9.11. The van der Waals surface area contributed by atoms with Crippen LogP contribution in [0.4, 0.5) is 5.82 Å². The lowest BCUT2D eigenvalue weighted by Crippen LogP contribution is -2.32. The first-order valence-corrected chi connectivity index (χ1v) is 6.14. The van der Waals surface area contributed by atoms with Crippen LogP contribution in [-0.2, 0) is 9.53 Å². The molecule has 0 spiro atoms. The minimum atomic E-state index is -0.818. The molecule has 1 N–H and O–H groups in total. The molecule has 1 atom stereocenters. The van der Waals surface area contributed by atoms with E-state index in [4.69, 9.17) is 5.11 Å². The van der Waals surface area contributed by atoms with Crippen molar-refractivity contribution in [2.24, 2.45) is 0 Å². The molecule has 1 unspecified atom stereocenters. The van der Waals surface area contributed by atoms with Gasteiger partial charge < -0.3 is 14.7 Å². The average molecular weight is 264 g/mol. The van der Waals surface area contributed by atoms with Gasteiger partial charge in [-0.15, -0.1) is 0 Å². The van der Waals surface area contributed by atoms with Crippen molar-refractivity contribution in [3.63, 3.8) is 0 Å². The van der Waals surface area contributed by atoms with Gasteiger partial charge >= 0.3 is 11.9 Å². The van der Waals surface area contributed by atoms with Crippen LogP contribution in [0.15, 0.2) is 18.3 Å². The second-order valence-electron chi connectivity index (χ2n) is 4.48. The summed E-state index contributed by atoms with van der Waals surface area (Å²) in [7, 11) is 1.32. The fourth-order valence-corrected chi connectivity index (χ4v) is 2.37. The molecule has 0 amide bonds. The number of carboxylic acid groups (broad SMARTS) is 1. The molecular weight excluding hydrogens is 248 g/mol. The molecule has 19 heavy (non-hydrogen) atoms. The molecule has 2 rings (SSSR count). The number of aliphatic carboxylic acids is 1. The van der Waals surface area contributed by atoms with E-state index in [9.17, 15) is 9.59 Å². The van der Waals surface area contributed by atoms with Gasteiger partial charge in [0.2, 0.25) is 0 Å². The lowest BCUT2D eigenvalue weighted by Gasteiger charge is -2.24. The van der Waals surface area contributed by atoms with Gasteiger partial charge in [0.15, 0.2) is 0 Å².